The van der Waals surface area contributed by atoms with E-state index >= 15 is 0 Å². The summed E-state index contributed by atoms with van der Waals surface area (Å²) in [7, 11) is 0. The van der Waals surface area contributed by atoms with Gasteiger partial charge in [-0.3, -0.25) is 0 Å². The smallest absolute Gasteiger partial charge is 0.0502 e. The van der Waals surface area contributed by atoms with Crippen LogP contribution in [0.2, 0.25) is 0 Å². The van der Waals surface area contributed by atoms with Crippen LogP contribution in [0.15, 0.2) is 24.3 Å². The summed E-state index contributed by atoms with van der Waals surface area (Å²) >= 11 is 6.00. The van der Waals surface area contributed by atoms with Crippen molar-refractivity contribution < 1.29 is 0 Å². The second kappa shape index (κ2) is 1.43. The van der Waals surface area contributed by atoms with E-state index in [0.29, 0.717) is 11.3 Å². The summed E-state index contributed by atoms with van der Waals surface area (Å²) in [5.41, 5.74) is 0.265. The summed E-state index contributed by atoms with van der Waals surface area (Å²) < 4.78 is 0. The van der Waals surface area contributed by atoms with Crippen LogP contribution in [0.4, 0.5) is 0 Å². The van der Waals surface area contributed by atoms with Gasteiger partial charge >= 0.3 is 0 Å². The highest BCUT2D eigenvalue weighted by Gasteiger charge is 2.58. The highest BCUT2D eigenvalue weighted by molar-refractivity contribution is 6.24. The van der Waals surface area contributed by atoms with Gasteiger partial charge in [0.1, 0.15) is 0 Å². The Morgan fingerprint density at radius 3 is 2.00 bits per heavy atom. The Hall–Kier alpha value is -0.230. The molecule has 1 heteroatoms. The summed E-state index contributed by atoms with van der Waals surface area (Å²) in [5.74, 6) is 0.647. The number of alkyl halides is 1. The molecule has 0 amide bonds. The molecule has 0 radical (unpaired) electrons. The van der Waals surface area contributed by atoms with Gasteiger partial charge in [0.05, 0.1) is 5.38 Å². The molecule has 1 saturated carbocycles. The lowest BCUT2D eigenvalue weighted by Gasteiger charge is -1.96. The van der Waals surface area contributed by atoms with Crippen LogP contribution in [0.25, 0.3) is 0 Å². The first kappa shape index (κ1) is 5.55. The van der Waals surface area contributed by atoms with Crippen molar-refractivity contribution in [3.63, 3.8) is 0 Å². The van der Waals surface area contributed by atoms with E-state index in [1.807, 2.05) is 0 Å². The molecule has 1 fully saturated rings. The van der Waals surface area contributed by atoms with Crippen LogP contribution >= 0.6 is 11.6 Å². The Labute approximate surface area is 60.2 Å². The minimum absolute atomic E-state index is 0.265. The van der Waals surface area contributed by atoms with Crippen molar-refractivity contribution in [2.24, 2.45) is 11.3 Å². The van der Waals surface area contributed by atoms with Gasteiger partial charge in [0, 0.05) is 5.41 Å². The molecule has 0 saturated heterocycles. The monoisotopic (exact) mass is 140 g/mol. The van der Waals surface area contributed by atoms with E-state index in [1.165, 1.54) is 0 Å². The average Bonchev–Trinajstić information content (AvgIpc) is 2.44. The molecule has 1 spiro atoms. The Bertz CT molecular complexity index is 169. The normalized spacial score (nSPS) is 42.4. The molecule has 2 rings (SSSR count). The minimum Gasteiger partial charge on any atom is -0.121 e. The lowest BCUT2D eigenvalue weighted by molar-refractivity contribution is 0.756. The predicted molar refractivity (Wildman–Crippen MR) is 39.5 cm³/mol. The highest BCUT2D eigenvalue weighted by Crippen LogP contribution is 2.59. The van der Waals surface area contributed by atoms with E-state index < -0.39 is 0 Å². The summed E-state index contributed by atoms with van der Waals surface area (Å²) in [4.78, 5) is 0. The maximum atomic E-state index is 6.00. The fourth-order valence-corrected chi connectivity index (χ4v) is 2.03. The summed E-state index contributed by atoms with van der Waals surface area (Å²) in [5, 5.41) is 0.354. The number of halogens is 1. The van der Waals surface area contributed by atoms with Gasteiger partial charge in [0.15, 0.2) is 0 Å². The third-order valence-corrected chi connectivity index (χ3v) is 3.23. The second-order valence-electron chi connectivity index (χ2n) is 2.91. The van der Waals surface area contributed by atoms with Crippen molar-refractivity contribution in [1.29, 1.82) is 0 Å². The molecule has 0 aromatic carbocycles. The van der Waals surface area contributed by atoms with Gasteiger partial charge in [0.25, 0.3) is 0 Å². The Morgan fingerprint density at radius 2 is 1.78 bits per heavy atom. The van der Waals surface area contributed by atoms with E-state index in [-0.39, 0.29) is 5.41 Å². The molecule has 0 nitrogen and oxygen atoms in total. The van der Waals surface area contributed by atoms with Crippen LogP contribution in [0, 0.1) is 11.3 Å². The summed E-state index contributed by atoms with van der Waals surface area (Å²) in [6, 6.07) is 0. The molecule has 2 unspecified atom stereocenters. The molecule has 2 aliphatic carbocycles. The third kappa shape index (κ3) is 0.499. The van der Waals surface area contributed by atoms with Crippen molar-refractivity contribution >= 4 is 11.6 Å². The van der Waals surface area contributed by atoms with Crippen molar-refractivity contribution in [3.05, 3.63) is 24.3 Å². The van der Waals surface area contributed by atoms with Crippen molar-refractivity contribution in [2.75, 3.05) is 0 Å². The number of rotatable bonds is 0. The molecule has 0 aromatic rings. The van der Waals surface area contributed by atoms with E-state index in [9.17, 15) is 0 Å². The summed E-state index contributed by atoms with van der Waals surface area (Å²) in [6.07, 6.45) is 8.57. The van der Waals surface area contributed by atoms with Gasteiger partial charge in [-0.2, -0.15) is 0 Å². The van der Waals surface area contributed by atoms with Gasteiger partial charge < -0.3 is 0 Å². The lowest BCUT2D eigenvalue weighted by atomic mass is 10.1. The van der Waals surface area contributed by atoms with Gasteiger partial charge in [-0.25, -0.2) is 0 Å². The van der Waals surface area contributed by atoms with Crippen LogP contribution in [-0.4, -0.2) is 5.38 Å². The zero-order valence-corrected chi connectivity index (χ0v) is 6.10. The van der Waals surface area contributed by atoms with E-state index in [2.05, 4.69) is 31.2 Å². The average molecular weight is 141 g/mol. The van der Waals surface area contributed by atoms with Gasteiger partial charge in [-0.1, -0.05) is 31.2 Å². The number of hydrogen-bond acceptors (Lipinski definition) is 0. The van der Waals surface area contributed by atoms with Crippen molar-refractivity contribution in [1.82, 2.24) is 0 Å². The molecule has 0 heterocycles. The Balaban J connectivity index is 2.31. The predicted octanol–water partition coefficient (Wildman–Crippen LogP) is 2.36. The molecular formula is C8H9Cl. The van der Waals surface area contributed by atoms with Crippen LogP contribution < -0.4 is 0 Å². The molecule has 0 aromatic heterocycles. The Kier molecular flexibility index (Phi) is 0.883. The zero-order valence-electron chi connectivity index (χ0n) is 5.34. The maximum Gasteiger partial charge on any atom is 0.0502 e. The molecular weight excluding hydrogens is 132 g/mol. The molecule has 48 valence electrons. The number of allylic oxidation sites excluding steroid dienone is 4. The van der Waals surface area contributed by atoms with E-state index in [0.717, 1.165) is 0 Å². The first-order valence-electron chi connectivity index (χ1n) is 3.28. The maximum absolute atomic E-state index is 6.00. The topological polar surface area (TPSA) is 0 Å². The Morgan fingerprint density at radius 1 is 1.33 bits per heavy atom. The second-order valence-corrected chi connectivity index (χ2v) is 3.38. The molecule has 0 N–H and O–H groups in total. The highest BCUT2D eigenvalue weighted by atomic mass is 35.5. The van der Waals surface area contributed by atoms with Crippen molar-refractivity contribution in [2.45, 2.75) is 12.3 Å². The van der Waals surface area contributed by atoms with Crippen LogP contribution in [-0.2, 0) is 0 Å². The molecule has 0 bridgehead atoms. The first-order chi connectivity index (χ1) is 4.27. The third-order valence-electron chi connectivity index (χ3n) is 2.48. The quantitative estimate of drug-likeness (QED) is 0.453. The zero-order chi connectivity index (χ0) is 6.48. The van der Waals surface area contributed by atoms with Crippen LogP contribution in [0.3, 0.4) is 0 Å². The summed E-state index contributed by atoms with van der Waals surface area (Å²) in [6.45, 7) is 2.19. The van der Waals surface area contributed by atoms with Gasteiger partial charge in [0.2, 0.25) is 0 Å². The molecule has 9 heavy (non-hydrogen) atoms. The fourth-order valence-electron chi connectivity index (χ4n) is 1.54. The largest absolute Gasteiger partial charge is 0.121 e. The minimum atomic E-state index is 0.265. The lowest BCUT2D eigenvalue weighted by Crippen LogP contribution is -1.90. The standard InChI is InChI=1S/C8H9Cl/c1-6-7(9)8(6)4-2-3-5-8/h2-7H,1H3. The fraction of sp³-hybridized carbons (Fsp3) is 0.500. The van der Waals surface area contributed by atoms with Crippen LogP contribution in [0.1, 0.15) is 6.92 Å². The molecule has 2 atom stereocenters. The van der Waals surface area contributed by atoms with Gasteiger partial charge in [-0.05, 0) is 5.92 Å². The molecule has 0 aliphatic heterocycles. The SMILES string of the molecule is CC1C(Cl)C12C=CC=C2. The van der Waals surface area contributed by atoms with E-state index in [4.69, 9.17) is 11.6 Å². The van der Waals surface area contributed by atoms with E-state index in [1.54, 1.807) is 0 Å². The number of hydrogen-bond donors (Lipinski definition) is 0. The van der Waals surface area contributed by atoms with Gasteiger partial charge in [-0.15, -0.1) is 11.6 Å². The van der Waals surface area contributed by atoms with Crippen molar-refractivity contribution in [3.8, 4) is 0 Å². The van der Waals surface area contributed by atoms with Crippen LogP contribution in [0.5, 0.6) is 0 Å². The molecule has 2 aliphatic rings. The first-order valence-corrected chi connectivity index (χ1v) is 3.72.